The maximum absolute atomic E-state index is 8.84. The second kappa shape index (κ2) is 5.46. The molecule has 0 radical (unpaired) electrons. The third-order valence-corrected chi connectivity index (χ3v) is 2.21. The van der Waals surface area contributed by atoms with Crippen molar-refractivity contribution in [2.75, 3.05) is 6.54 Å². The standard InChI is InChI=1S/C11H16N2O/c1-9(2)10(6-12)7-13-8-11-4-3-5-14-11/h3-5,9-10,13H,7-8H2,1-2H3. The van der Waals surface area contributed by atoms with Gasteiger partial charge in [-0.2, -0.15) is 5.26 Å². The Morgan fingerprint density at radius 3 is 2.86 bits per heavy atom. The number of rotatable bonds is 5. The van der Waals surface area contributed by atoms with Gasteiger partial charge in [0.15, 0.2) is 0 Å². The summed E-state index contributed by atoms with van der Waals surface area (Å²) in [4.78, 5) is 0. The van der Waals surface area contributed by atoms with Crippen LogP contribution >= 0.6 is 0 Å². The molecule has 76 valence electrons. The molecule has 0 saturated heterocycles. The first-order valence-corrected chi connectivity index (χ1v) is 4.86. The third-order valence-electron chi connectivity index (χ3n) is 2.21. The van der Waals surface area contributed by atoms with E-state index in [1.807, 2.05) is 12.1 Å². The van der Waals surface area contributed by atoms with Crippen LogP contribution in [0.1, 0.15) is 19.6 Å². The zero-order valence-electron chi connectivity index (χ0n) is 8.66. The third kappa shape index (κ3) is 3.23. The quantitative estimate of drug-likeness (QED) is 0.777. The van der Waals surface area contributed by atoms with Crippen LogP contribution in [0, 0.1) is 23.2 Å². The Morgan fingerprint density at radius 1 is 1.57 bits per heavy atom. The van der Waals surface area contributed by atoms with Crippen LogP contribution in [0.2, 0.25) is 0 Å². The predicted octanol–water partition coefficient (Wildman–Crippen LogP) is 2.16. The molecule has 3 nitrogen and oxygen atoms in total. The molecule has 1 aromatic rings. The van der Waals surface area contributed by atoms with Gasteiger partial charge in [0.05, 0.1) is 24.8 Å². The second-order valence-corrected chi connectivity index (χ2v) is 3.69. The van der Waals surface area contributed by atoms with Crippen molar-refractivity contribution < 1.29 is 4.42 Å². The summed E-state index contributed by atoms with van der Waals surface area (Å²) < 4.78 is 5.16. The summed E-state index contributed by atoms with van der Waals surface area (Å²) in [6, 6.07) is 6.07. The van der Waals surface area contributed by atoms with Crippen LogP contribution in [0.5, 0.6) is 0 Å². The first kappa shape index (κ1) is 10.8. The van der Waals surface area contributed by atoms with Gasteiger partial charge in [0.1, 0.15) is 5.76 Å². The Labute approximate surface area is 84.7 Å². The summed E-state index contributed by atoms with van der Waals surface area (Å²) >= 11 is 0. The lowest BCUT2D eigenvalue weighted by molar-refractivity contribution is 0.419. The van der Waals surface area contributed by atoms with Crippen molar-refractivity contribution in [3.8, 4) is 6.07 Å². The molecule has 0 aliphatic carbocycles. The van der Waals surface area contributed by atoms with E-state index in [0.29, 0.717) is 12.5 Å². The lowest BCUT2D eigenvalue weighted by atomic mass is 9.98. The number of furan rings is 1. The highest BCUT2D eigenvalue weighted by atomic mass is 16.3. The van der Waals surface area contributed by atoms with Crippen molar-refractivity contribution >= 4 is 0 Å². The van der Waals surface area contributed by atoms with E-state index in [4.69, 9.17) is 9.68 Å². The smallest absolute Gasteiger partial charge is 0.117 e. The number of nitrogens with zero attached hydrogens (tertiary/aromatic N) is 1. The molecule has 0 spiro atoms. The van der Waals surface area contributed by atoms with Gasteiger partial charge in [-0.25, -0.2) is 0 Å². The highest BCUT2D eigenvalue weighted by Crippen LogP contribution is 2.08. The molecule has 1 heterocycles. The molecule has 1 rings (SSSR count). The summed E-state index contributed by atoms with van der Waals surface area (Å²) in [5.41, 5.74) is 0. The van der Waals surface area contributed by atoms with Crippen LogP contribution in [0.15, 0.2) is 22.8 Å². The summed E-state index contributed by atoms with van der Waals surface area (Å²) in [7, 11) is 0. The molecule has 0 aliphatic rings. The number of hydrogen-bond acceptors (Lipinski definition) is 3. The summed E-state index contributed by atoms with van der Waals surface area (Å²) in [5.74, 6) is 1.37. The van der Waals surface area contributed by atoms with E-state index >= 15 is 0 Å². The van der Waals surface area contributed by atoms with Crippen LogP contribution in [0.3, 0.4) is 0 Å². The Kier molecular flexibility index (Phi) is 4.21. The molecule has 0 amide bonds. The van der Waals surface area contributed by atoms with Gasteiger partial charge in [0.25, 0.3) is 0 Å². The van der Waals surface area contributed by atoms with Crippen molar-refractivity contribution in [3.63, 3.8) is 0 Å². The van der Waals surface area contributed by atoms with E-state index in [-0.39, 0.29) is 5.92 Å². The maximum atomic E-state index is 8.84. The molecule has 1 unspecified atom stereocenters. The van der Waals surface area contributed by atoms with Gasteiger partial charge >= 0.3 is 0 Å². The molecule has 0 saturated carbocycles. The molecule has 1 aromatic heterocycles. The summed E-state index contributed by atoms with van der Waals surface area (Å²) in [6.07, 6.45) is 1.65. The van der Waals surface area contributed by atoms with Gasteiger partial charge in [-0.1, -0.05) is 13.8 Å². The highest BCUT2D eigenvalue weighted by molar-refractivity contribution is 4.97. The lowest BCUT2D eigenvalue weighted by Crippen LogP contribution is -2.24. The summed E-state index contributed by atoms with van der Waals surface area (Å²) in [5, 5.41) is 12.0. The fourth-order valence-electron chi connectivity index (χ4n) is 1.19. The minimum Gasteiger partial charge on any atom is -0.468 e. The van der Waals surface area contributed by atoms with E-state index < -0.39 is 0 Å². The van der Waals surface area contributed by atoms with E-state index in [1.165, 1.54) is 0 Å². The lowest BCUT2D eigenvalue weighted by Gasteiger charge is -2.12. The van der Waals surface area contributed by atoms with Gasteiger partial charge in [-0.15, -0.1) is 0 Å². The minimum absolute atomic E-state index is 0.0740. The van der Waals surface area contributed by atoms with Crippen LogP contribution in [0.4, 0.5) is 0 Å². The molecule has 0 aliphatic heterocycles. The number of hydrogen-bond donors (Lipinski definition) is 1. The topological polar surface area (TPSA) is 49.0 Å². The molecule has 1 atom stereocenters. The van der Waals surface area contributed by atoms with Crippen LogP contribution in [-0.4, -0.2) is 6.54 Å². The van der Waals surface area contributed by atoms with Gasteiger partial charge in [0, 0.05) is 6.54 Å². The molecule has 1 N–H and O–H groups in total. The minimum atomic E-state index is 0.0740. The van der Waals surface area contributed by atoms with E-state index in [9.17, 15) is 0 Å². The van der Waals surface area contributed by atoms with Gasteiger partial charge in [-0.05, 0) is 18.1 Å². The van der Waals surface area contributed by atoms with Crippen LogP contribution < -0.4 is 5.32 Å². The second-order valence-electron chi connectivity index (χ2n) is 3.69. The number of nitriles is 1. The van der Waals surface area contributed by atoms with Crippen LogP contribution in [-0.2, 0) is 6.54 Å². The van der Waals surface area contributed by atoms with E-state index in [1.54, 1.807) is 6.26 Å². The fraction of sp³-hybridized carbons (Fsp3) is 0.545. The van der Waals surface area contributed by atoms with Crippen molar-refractivity contribution in [2.24, 2.45) is 11.8 Å². The first-order valence-electron chi connectivity index (χ1n) is 4.86. The molecular weight excluding hydrogens is 176 g/mol. The fourth-order valence-corrected chi connectivity index (χ4v) is 1.19. The average Bonchev–Trinajstić information content (AvgIpc) is 2.64. The summed E-state index contributed by atoms with van der Waals surface area (Å²) in [6.45, 7) is 5.53. The Bertz CT molecular complexity index is 285. The largest absolute Gasteiger partial charge is 0.468 e. The van der Waals surface area contributed by atoms with Crippen molar-refractivity contribution in [2.45, 2.75) is 20.4 Å². The average molecular weight is 192 g/mol. The van der Waals surface area contributed by atoms with Crippen LogP contribution in [0.25, 0.3) is 0 Å². The molecule has 14 heavy (non-hydrogen) atoms. The normalized spacial score (nSPS) is 12.7. The molecule has 0 fully saturated rings. The van der Waals surface area contributed by atoms with Gasteiger partial charge in [-0.3, -0.25) is 0 Å². The molecule has 0 aromatic carbocycles. The molecule has 0 bridgehead atoms. The first-order chi connectivity index (χ1) is 6.74. The SMILES string of the molecule is CC(C)C(C#N)CNCc1ccco1. The predicted molar refractivity (Wildman–Crippen MR) is 54.4 cm³/mol. The number of nitrogens with one attached hydrogen (secondary N) is 1. The zero-order valence-corrected chi connectivity index (χ0v) is 8.66. The van der Waals surface area contributed by atoms with Crippen molar-refractivity contribution in [1.82, 2.24) is 5.32 Å². The molecular formula is C11H16N2O. The monoisotopic (exact) mass is 192 g/mol. The highest BCUT2D eigenvalue weighted by Gasteiger charge is 2.11. The Morgan fingerprint density at radius 2 is 2.36 bits per heavy atom. The Balaban J connectivity index is 2.24. The van der Waals surface area contributed by atoms with E-state index in [2.05, 4.69) is 25.2 Å². The van der Waals surface area contributed by atoms with Gasteiger partial charge in [0.2, 0.25) is 0 Å². The van der Waals surface area contributed by atoms with Crippen molar-refractivity contribution in [1.29, 1.82) is 5.26 Å². The van der Waals surface area contributed by atoms with Gasteiger partial charge < -0.3 is 9.73 Å². The Hall–Kier alpha value is -1.27. The zero-order chi connectivity index (χ0) is 10.4. The van der Waals surface area contributed by atoms with Crippen molar-refractivity contribution in [3.05, 3.63) is 24.2 Å². The molecule has 3 heteroatoms. The van der Waals surface area contributed by atoms with E-state index in [0.717, 1.165) is 12.3 Å². The maximum Gasteiger partial charge on any atom is 0.117 e.